The summed E-state index contributed by atoms with van der Waals surface area (Å²) in [5.41, 5.74) is 0.611. The molecule has 2 N–H and O–H groups in total. The van der Waals surface area contributed by atoms with Crippen molar-refractivity contribution in [1.29, 1.82) is 0 Å². The van der Waals surface area contributed by atoms with Gasteiger partial charge in [-0.05, 0) is 45.1 Å². The molecule has 1 fully saturated rings. The number of amides is 1. The van der Waals surface area contributed by atoms with Crippen molar-refractivity contribution in [3.05, 3.63) is 24.3 Å². The zero-order valence-corrected chi connectivity index (χ0v) is 11.5. The molecule has 1 saturated heterocycles. The molecule has 1 atom stereocenters. The summed E-state index contributed by atoms with van der Waals surface area (Å²) in [7, 11) is 1.71. The normalized spacial score (nSPS) is 23.0. The largest absolute Gasteiger partial charge is 0.358 e. The van der Waals surface area contributed by atoms with Gasteiger partial charge in [0.25, 0.3) is 0 Å². The second-order valence-corrected chi connectivity index (χ2v) is 5.10. The third kappa shape index (κ3) is 3.50. The SMILES string of the molecule is CNC(=O)[C@@]1(CCCc2cnccn2)CCCCN1. The molecule has 0 radical (unpaired) electrons. The monoisotopic (exact) mass is 262 g/mol. The van der Waals surface area contributed by atoms with Crippen LogP contribution in [-0.2, 0) is 11.2 Å². The second-order valence-electron chi connectivity index (χ2n) is 5.10. The summed E-state index contributed by atoms with van der Waals surface area (Å²) in [5, 5.41) is 6.22. The number of nitrogens with one attached hydrogen (secondary N) is 2. The Balaban J connectivity index is 1.91. The van der Waals surface area contributed by atoms with Crippen LogP contribution >= 0.6 is 0 Å². The van der Waals surface area contributed by atoms with Crippen LogP contribution in [0.1, 0.15) is 37.8 Å². The first-order chi connectivity index (χ1) is 9.27. The maximum Gasteiger partial charge on any atom is 0.240 e. The van der Waals surface area contributed by atoms with E-state index >= 15 is 0 Å². The third-order valence-corrected chi connectivity index (χ3v) is 3.81. The second kappa shape index (κ2) is 6.61. The van der Waals surface area contributed by atoms with Gasteiger partial charge in [0.15, 0.2) is 0 Å². The van der Waals surface area contributed by atoms with Gasteiger partial charge >= 0.3 is 0 Å². The van der Waals surface area contributed by atoms with Gasteiger partial charge in [-0.25, -0.2) is 0 Å². The first-order valence-electron chi connectivity index (χ1n) is 6.99. The zero-order chi connectivity index (χ0) is 13.6. The Morgan fingerprint density at radius 2 is 2.37 bits per heavy atom. The van der Waals surface area contributed by atoms with E-state index in [2.05, 4.69) is 20.6 Å². The minimum atomic E-state index is -0.380. The van der Waals surface area contributed by atoms with Crippen LogP contribution in [-0.4, -0.2) is 35.0 Å². The lowest BCUT2D eigenvalue weighted by molar-refractivity contribution is -0.128. The number of likely N-dealkylation sites (N-methyl/N-ethyl adjacent to an activating group) is 1. The van der Waals surface area contributed by atoms with E-state index in [1.165, 1.54) is 0 Å². The summed E-state index contributed by atoms with van der Waals surface area (Å²) < 4.78 is 0. The summed E-state index contributed by atoms with van der Waals surface area (Å²) in [6.07, 6.45) is 11.0. The van der Waals surface area contributed by atoms with Crippen molar-refractivity contribution in [1.82, 2.24) is 20.6 Å². The highest BCUT2D eigenvalue weighted by molar-refractivity contribution is 5.86. The molecule has 104 valence electrons. The van der Waals surface area contributed by atoms with Crippen LogP contribution < -0.4 is 10.6 Å². The number of carbonyl (C=O) groups is 1. The van der Waals surface area contributed by atoms with Gasteiger partial charge in [0.1, 0.15) is 0 Å². The maximum atomic E-state index is 12.1. The molecule has 5 nitrogen and oxygen atoms in total. The molecule has 1 aliphatic rings. The molecule has 0 saturated carbocycles. The Bertz CT molecular complexity index is 401. The van der Waals surface area contributed by atoms with Gasteiger partial charge in [0.2, 0.25) is 5.91 Å². The van der Waals surface area contributed by atoms with Gasteiger partial charge < -0.3 is 10.6 Å². The van der Waals surface area contributed by atoms with Crippen LogP contribution in [0.2, 0.25) is 0 Å². The fourth-order valence-corrected chi connectivity index (χ4v) is 2.76. The molecule has 1 aromatic heterocycles. The fraction of sp³-hybridized carbons (Fsp3) is 0.643. The van der Waals surface area contributed by atoms with E-state index in [9.17, 15) is 4.79 Å². The van der Waals surface area contributed by atoms with Crippen LogP contribution in [0.15, 0.2) is 18.6 Å². The van der Waals surface area contributed by atoms with E-state index in [0.29, 0.717) is 0 Å². The van der Waals surface area contributed by atoms with Crippen LogP contribution in [0.25, 0.3) is 0 Å². The summed E-state index contributed by atoms with van der Waals surface area (Å²) >= 11 is 0. The molecule has 0 aliphatic carbocycles. The molecule has 1 amide bonds. The van der Waals surface area contributed by atoms with Gasteiger partial charge in [-0.2, -0.15) is 0 Å². The van der Waals surface area contributed by atoms with Gasteiger partial charge in [0.05, 0.1) is 11.2 Å². The summed E-state index contributed by atoms with van der Waals surface area (Å²) in [5.74, 6) is 0.117. The Hall–Kier alpha value is -1.49. The minimum absolute atomic E-state index is 0.117. The first-order valence-corrected chi connectivity index (χ1v) is 6.99. The molecule has 5 heteroatoms. The molecule has 2 rings (SSSR count). The first kappa shape index (κ1) is 13.9. The number of piperidine rings is 1. The van der Waals surface area contributed by atoms with E-state index in [1.807, 2.05) is 0 Å². The van der Waals surface area contributed by atoms with Crippen LogP contribution in [0.5, 0.6) is 0 Å². The number of aromatic nitrogens is 2. The standard InChI is InChI=1S/C14H22N4O/c1-15-13(19)14(6-2-3-8-18-14)7-4-5-12-11-16-9-10-17-12/h9-11,18H,2-8H2,1H3,(H,15,19)/t14-/m0/s1. The molecule has 0 spiro atoms. The average Bonchev–Trinajstić information content (AvgIpc) is 2.48. The summed E-state index contributed by atoms with van der Waals surface area (Å²) in [4.78, 5) is 20.5. The van der Waals surface area contributed by atoms with Crippen molar-refractivity contribution in [2.75, 3.05) is 13.6 Å². The number of hydrogen-bond acceptors (Lipinski definition) is 4. The zero-order valence-electron chi connectivity index (χ0n) is 11.5. The number of carbonyl (C=O) groups excluding carboxylic acids is 1. The van der Waals surface area contributed by atoms with Gasteiger partial charge in [-0.15, -0.1) is 0 Å². The van der Waals surface area contributed by atoms with Crippen molar-refractivity contribution < 1.29 is 4.79 Å². The number of hydrogen-bond donors (Lipinski definition) is 2. The molecule has 0 bridgehead atoms. The number of rotatable bonds is 5. The molecule has 0 unspecified atom stereocenters. The maximum absolute atomic E-state index is 12.1. The lowest BCUT2D eigenvalue weighted by Crippen LogP contribution is -2.58. The van der Waals surface area contributed by atoms with Crippen molar-refractivity contribution >= 4 is 5.91 Å². The molecule has 2 heterocycles. The van der Waals surface area contributed by atoms with E-state index in [-0.39, 0.29) is 11.4 Å². The van der Waals surface area contributed by atoms with E-state index in [4.69, 9.17) is 0 Å². The molecular formula is C14H22N4O. The minimum Gasteiger partial charge on any atom is -0.358 e. The topological polar surface area (TPSA) is 66.9 Å². The predicted molar refractivity (Wildman–Crippen MR) is 73.6 cm³/mol. The van der Waals surface area contributed by atoms with Gasteiger partial charge in [-0.1, -0.05) is 0 Å². The highest BCUT2D eigenvalue weighted by Gasteiger charge is 2.37. The van der Waals surface area contributed by atoms with Crippen molar-refractivity contribution in [3.8, 4) is 0 Å². The van der Waals surface area contributed by atoms with Crippen LogP contribution in [0, 0.1) is 0 Å². The van der Waals surface area contributed by atoms with Crippen molar-refractivity contribution in [3.63, 3.8) is 0 Å². The Kier molecular flexibility index (Phi) is 4.85. The van der Waals surface area contributed by atoms with Gasteiger partial charge in [0, 0.05) is 25.6 Å². The molecule has 1 aromatic rings. The fourth-order valence-electron chi connectivity index (χ4n) is 2.76. The molecular weight excluding hydrogens is 240 g/mol. The lowest BCUT2D eigenvalue weighted by atomic mass is 9.83. The molecule has 1 aliphatic heterocycles. The van der Waals surface area contributed by atoms with Gasteiger partial charge in [-0.3, -0.25) is 14.8 Å². The molecule has 0 aromatic carbocycles. The number of nitrogens with zero attached hydrogens (tertiary/aromatic N) is 2. The van der Waals surface area contributed by atoms with E-state index < -0.39 is 0 Å². The summed E-state index contributed by atoms with van der Waals surface area (Å²) in [6.45, 7) is 0.929. The Morgan fingerprint density at radius 1 is 1.47 bits per heavy atom. The Labute approximate surface area is 114 Å². The predicted octanol–water partition coefficient (Wildman–Crippen LogP) is 1.06. The highest BCUT2D eigenvalue weighted by Crippen LogP contribution is 2.25. The average molecular weight is 262 g/mol. The van der Waals surface area contributed by atoms with Crippen molar-refractivity contribution in [2.45, 2.75) is 44.1 Å². The number of aryl methyl sites for hydroxylation is 1. The molecule has 19 heavy (non-hydrogen) atoms. The third-order valence-electron chi connectivity index (χ3n) is 3.81. The van der Waals surface area contributed by atoms with E-state index in [1.54, 1.807) is 25.6 Å². The smallest absolute Gasteiger partial charge is 0.240 e. The van der Waals surface area contributed by atoms with Crippen LogP contribution in [0.3, 0.4) is 0 Å². The highest BCUT2D eigenvalue weighted by atomic mass is 16.2. The Morgan fingerprint density at radius 3 is 3.00 bits per heavy atom. The quantitative estimate of drug-likeness (QED) is 0.832. The van der Waals surface area contributed by atoms with Crippen LogP contribution in [0.4, 0.5) is 0 Å². The van der Waals surface area contributed by atoms with Crippen molar-refractivity contribution in [2.24, 2.45) is 0 Å². The summed E-state index contributed by atoms with van der Waals surface area (Å²) in [6, 6.07) is 0. The van der Waals surface area contributed by atoms with E-state index in [0.717, 1.165) is 50.8 Å². The lowest BCUT2D eigenvalue weighted by Gasteiger charge is -2.36.